The van der Waals surface area contributed by atoms with Gasteiger partial charge >= 0.3 is 0 Å². The molecule has 1 saturated heterocycles. The highest BCUT2D eigenvalue weighted by molar-refractivity contribution is 6.08. The summed E-state index contributed by atoms with van der Waals surface area (Å²) in [4.78, 5) is 15.0. The Morgan fingerprint density at radius 1 is 0.970 bits per heavy atom. The van der Waals surface area contributed by atoms with Crippen molar-refractivity contribution in [1.82, 2.24) is 9.88 Å². The van der Waals surface area contributed by atoms with E-state index in [0.717, 1.165) is 18.7 Å². The van der Waals surface area contributed by atoms with Crippen molar-refractivity contribution >= 4 is 39.5 Å². The lowest BCUT2D eigenvalue weighted by Gasteiger charge is -2.49. The third-order valence-corrected chi connectivity index (χ3v) is 7.77. The fraction of sp³-hybridized carbons (Fsp3) is 0.276. The number of carbonyl (C=O) groups is 1. The molecule has 6 rings (SSSR count). The molecule has 4 nitrogen and oxygen atoms in total. The standard InChI is InChI=1S/C29H29N3O/c1-4-31-24-11-7-5-9-21(24)22-19-20(13-14-25(22)31)15-17-29-28(2,3)23-10-6-8-12-26(23)32(29)18-16-27(33)30-29/h5-15,17,19H,4,16,18H2,1-3H3,(H,30,33)/t29-/m0/s1. The van der Waals surface area contributed by atoms with Crippen LogP contribution >= 0.6 is 0 Å². The van der Waals surface area contributed by atoms with Gasteiger partial charge in [-0.3, -0.25) is 4.79 Å². The van der Waals surface area contributed by atoms with Crippen molar-refractivity contribution in [2.45, 2.75) is 44.8 Å². The van der Waals surface area contributed by atoms with E-state index in [1.54, 1.807) is 0 Å². The molecule has 0 bridgehead atoms. The molecule has 3 aromatic carbocycles. The summed E-state index contributed by atoms with van der Waals surface area (Å²) >= 11 is 0. The molecule has 0 spiro atoms. The molecule has 33 heavy (non-hydrogen) atoms. The maximum absolute atomic E-state index is 12.6. The van der Waals surface area contributed by atoms with Gasteiger partial charge in [-0.15, -0.1) is 0 Å². The third kappa shape index (κ3) is 2.67. The number of para-hydroxylation sites is 2. The Morgan fingerprint density at radius 3 is 2.58 bits per heavy atom. The number of amides is 1. The highest BCUT2D eigenvalue weighted by atomic mass is 16.2. The number of aromatic nitrogens is 1. The quantitative estimate of drug-likeness (QED) is 0.439. The maximum Gasteiger partial charge on any atom is 0.223 e. The molecule has 4 aromatic rings. The van der Waals surface area contributed by atoms with Gasteiger partial charge in [-0.1, -0.05) is 62.4 Å². The van der Waals surface area contributed by atoms with Crippen LogP contribution in [0.1, 0.15) is 38.3 Å². The summed E-state index contributed by atoms with van der Waals surface area (Å²) in [6.07, 6.45) is 4.91. The second-order valence-corrected chi connectivity index (χ2v) is 9.73. The van der Waals surface area contributed by atoms with Crippen LogP contribution in [0.3, 0.4) is 0 Å². The van der Waals surface area contributed by atoms with Crippen molar-refractivity contribution in [2.24, 2.45) is 0 Å². The summed E-state index contributed by atoms with van der Waals surface area (Å²) in [5, 5.41) is 5.93. The summed E-state index contributed by atoms with van der Waals surface area (Å²) in [6.45, 7) is 8.33. The number of fused-ring (bicyclic) bond motifs is 6. The molecule has 1 N–H and O–H groups in total. The van der Waals surface area contributed by atoms with E-state index in [1.807, 2.05) is 0 Å². The number of nitrogens with one attached hydrogen (secondary N) is 1. The fourth-order valence-corrected chi connectivity index (χ4v) is 6.05. The van der Waals surface area contributed by atoms with Gasteiger partial charge in [0.25, 0.3) is 0 Å². The maximum atomic E-state index is 12.6. The first-order chi connectivity index (χ1) is 16.0. The van der Waals surface area contributed by atoms with E-state index < -0.39 is 5.66 Å². The van der Waals surface area contributed by atoms with Crippen LogP contribution in [0.2, 0.25) is 0 Å². The molecule has 0 radical (unpaired) electrons. The second-order valence-electron chi connectivity index (χ2n) is 9.73. The van der Waals surface area contributed by atoms with E-state index in [2.05, 4.69) is 114 Å². The summed E-state index contributed by atoms with van der Waals surface area (Å²) in [5.41, 5.74) is 5.31. The van der Waals surface area contributed by atoms with Crippen molar-refractivity contribution in [2.75, 3.05) is 11.4 Å². The van der Waals surface area contributed by atoms with E-state index in [-0.39, 0.29) is 11.3 Å². The van der Waals surface area contributed by atoms with Crippen LogP contribution in [0.15, 0.2) is 72.8 Å². The molecule has 4 heteroatoms. The molecular weight excluding hydrogens is 406 g/mol. The average molecular weight is 436 g/mol. The van der Waals surface area contributed by atoms with Gasteiger partial charge in [0.2, 0.25) is 5.91 Å². The number of benzene rings is 3. The zero-order valence-corrected chi connectivity index (χ0v) is 19.4. The molecule has 2 aliphatic heterocycles. The minimum Gasteiger partial charge on any atom is -0.344 e. The molecule has 1 fully saturated rings. The zero-order valence-electron chi connectivity index (χ0n) is 19.4. The lowest BCUT2D eigenvalue weighted by Crippen LogP contribution is -2.68. The van der Waals surface area contributed by atoms with Crippen molar-refractivity contribution in [1.29, 1.82) is 0 Å². The Kier molecular flexibility index (Phi) is 4.25. The molecule has 166 valence electrons. The Hall–Kier alpha value is -3.53. The minimum atomic E-state index is -0.585. The molecule has 1 atom stereocenters. The number of aryl methyl sites for hydroxylation is 1. The Balaban J connectivity index is 1.49. The molecule has 1 aromatic heterocycles. The average Bonchev–Trinajstić information content (AvgIpc) is 3.25. The predicted octanol–water partition coefficient (Wildman–Crippen LogP) is 5.84. The van der Waals surface area contributed by atoms with Crippen molar-refractivity contribution in [3.8, 4) is 0 Å². The van der Waals surface area contributed by atoms with E-state index in [0.29, 0.717) is 6.42 Å². The van der Waals surface area contributed by atoms with E-state index >= 15 is 0 Å². The number of nitrogens with zero attached hydrogens (tertiary/aromatic N) is 2. The van der Waals surface area contributed by atoms with Gasteiger partial charge in [0.15, 0.2) is 0 Å². The molecule has 0 saturated carbocycles. The lowest BCUT2D eigenvalue weighted by atomic mass is 9.74. The van der Waals surface area contributed by atoms with Gasteiger partial charge in [0.05, 0.1) is 0 Å². The first-order valence-electron chi connectivity index (χ1n) is 11.8. The molecule has 0 unspecified atom stereocenters. The lowest BCUT2D eigenvalue weighted by molar-refractivity contribution is -0.124. The zero-order chi connectivity index (χ0) is 22.8. The number of anilines is 1. The minimum absolute atomic E-state index is 0.109. The predicted molar refractivity (Wildman–Crippen MR) is 136 cm³/mol. The van der Waals surface area contributed by atoms with E-state index in [9.17, 15) is 4.79 Å². The summed E-state index contributed by atoms with van der Waals surface area (Å²) in [5.74, 6) is 0.109. The van der Waals surface area contributed by atoms with Crippen molar-refractivity contribution in [3.05, 3.63) is 83.9 Å². The normalized spacial score (nSPS) is 21.5. The number of hydrogen-bond acceptors (Lipinski definition) is 2. The van der Waals surface area contributed by atoms with E-state index in [4.69, 9.17) is 0 Å². The van der Waals surface area contributed by atoms with Gasteiger partial charge in [-0.25, -0.2) is 0 Å². The first-order valence-corrected chi connectivity index (χ1v) is 11.8. The molecule has 2 aliphatic rings. The van der Waals surface area contributed by atoms with Gasteiger partial charge in [-0.05, 0) is 48.4 Å². The van der Waals surface area contributed by atoms with Crippen LogP contribution in [-0.4, -0.2) is 22.7 Å². The van der Waals surface area contributed by atoms with Gasteiger partial charge in [-0.2, -0.15) is 0 Å². The number of carbonyl (C=O) groups excluding carboxylic acids is 1. The Bertz CT molecular complexity index is 1440. The van der Waals surface area contributed by atoms with Crippen molar-refractivity contribution in [3.63, 3.8) is 0 Å². The molecule has 0 aliphatic carbocycles. The Labute approximate surface area is 194 Å². The third-order valence-electron chi connectivity index (χ3n) is 7.77. The van der Waals surface area contributed by atoms with Gasteiger partial charge < -0.3 is 14.8 Å². The van der Waals surface area contributed by atoms with Crippen LogP contribution in [0.4, 0.5) is 5.69 Å². The number of hydrogen-bond donors (Lipinski definition) is 1. The number of rotatable bonds is 3. The van der Waals surface area contributed by atoms with Crippen LogP contribution in [0.5, 0.6) is 0 Å². The van der Waals surface area contributed by atoms with Crippen molar-refractivity contribution < 1.29 is 4.79 Å². The van der Waals surface area contributed by atoms with Crippen LogP contribution in [-0.2, 0) is 16.8 Å². The van der Waals surface area contributed by atoms with Crippen LogP contribution in [0.25, 0.3) is 27.9 Å². The first kappa shape index (κ1) is 20.1. The smallest absolute Gasteiger partial charge is 0.223 e. The van der Waals surface area contributed by atoms with Crippen LogP contribution < -0.4 is 10.2 Å². The van der Waals surface area contributed by atoms with E-state index in [1.165, 1.54) is 33.1 Å². The monoisotopic (exact) mass is 435 g/mol. The largest absolute Gasteiger partial charge is 0.344 e. The topological polar surface area (TPSA) is 37.3 Å². The summed E-state index contributed by atoms with van der Waals surface area (Å²) in [6, 6.07) is 23.9. The highest BCUT2D eigenvalue weighted by Crippen LogP contribution is 2.52. The fourth-order valence-electron chi connectivity index (χ4n) is 6.05. The second kappa shape index (κ2) is 6.98. The molecule has 1 amide bonds. The van der Waals surface area contributed by atoms with Crippen LogP contribution in [0, 0.1) is 0 Å². The Morgan fingerprint density at radius 2 is 1.73 bits per heavy atom. The van der Waals surface area contributed by atoms with Gasteiger partial charge in [0, 0.05) is 52.4 Å². The molecular formula is C29H29N3O. The SMILES string of the molecule is CCn1c2ccccc2c2cc(C=C[C@]34NC(=O)CCN3c3ccccc3C4(C)C)ccc21. The molecule has 3 heterocycles. The highest BCUT2D eigenvalue weighted by Gasteiger charge is 2.57. The summed E-state index contributed by atoms with van der Waals surface area (Å²) in [7, 11) is 0. The van der Waals surface area contributed by atoms with Gasteiger partial charge in [0.1, 0.15) is 5.66 Å². The summed E-state index contributed by atoms with van der Waals surface area (Å²) < 4.78 is 2.37.